The first kappa shape index (κ1) is 32.2. The lowest BCUT2D eigenvalue weighted by Gasteiger charge is -2.18. The largest absolute Gasteiger partial charge is 0.135 e. The van der Waals surface area contributed by atoms with Crippen molar-refractivity contribution in [3.63, 3.8) is 0 Å². The van der Waals surface area contributed by atoms with Crippen molar-refractivity contribution in [2.75, 3.05) is 0 Å². The third-order valence-electron chi connectivity index (χ3n) is 12.0. The molecule has 264 valence electrons. The third-order valence-corrected chi connectivity index (χ3v) is 13.2. The maximum atomic E-state index is 2.43. The predicted octanol–water partition coefficient (Wildman–Crippen LogP) is 16.5. The van der Waals surface area contributed by atoms with Crippen molar-refractivity contribution in [3.05, 3.63) is 206 Å². The monoisotopic (exact) mass is 738 g/mol. The number of benzene rings is 11. The molecule has 1 heterocycles. The van der Waals surface area contributed by atoms with Crippen LogP contribution in [-0.2, 0) is 0 Å². The Hall–Kier alpha value is -7.06. The van der Waals surface area contributed by atoms with Gasteiger partial charge in [0.05, 0.1) is 0 Å². The highest BCUT2D eigenvalue weighted by atomic mass is 32.1. The minimum absolute atomic E-state index is 1.22. The molecule has 0 spiro atoms. The van der Waals surface area contributed by atoms with Gasteiger partial charge in [0, 0.05) is 25.6 Å². The van der Waals surface area contributed by atoms with Crippen LogP contribution in [0.5, 0.6) is 0 Å². The molecule has 1 aromatic heterocycles. The Balaban J connectivity index is 1.02. The molecule has 0 aliphatic carbocycles. The molecule has 0 saturated carbocycles. The fourth-order valence-corrected chi connectivity index (χ4v) is 10.7. The van der Waals surface area contributed by atoms with E-state index in [4.69, 9.17) is 0 Å². The van der Waals surface area contributed by atoms with Crippen LogP contribution >= 0.6 is 11.3 Å². The maximum Gasteiger partial charge on any atom is 0.0440 e. The van der Waals surface area contributed by atoms with Crippen LogP contribution in [0.3, 0.4) is 0 Å². The van der Waals surface area contributed by atoms with Crippen molar-refractivity contribution in [2.45, 2.75) is 0 Å². The number of hydrogen-bond acceptors (Lipinski definition) is 1. The second-order valence-corrected chi connectivity index (χ2v) is 16.2. The average molecular weight is 739 g/mol. The van der Waals surface area contributed by atoms with Gasteiger partial charge in [-0.2, -0.15) is 0 Å². The topological polar surface area (TPSA) is 0 Å². The SMILES string of the molecule is c1cc(-c2ccc3sc4c5ccccc5c5ccccc5c4c3c2)cc(-c2c3ccccc3c(-c3ccc(-c4cccc5ccccc45)cc3)c3ccccc23)c1. The minimum Gasteiger partial charge on any atom is -0.135 e. The molecular weight excluding hydrogens is 705 g/mol. The molecule has 12 rings (SSSR count). The minimum atomic E-state index is 1.22. The summed E-state index contributed by atoms with van der Waals surface area (Å²) in [5.74, 6) is 0. The lowest BCUT2D eigenvalue weighted by molar-refractivity contribution is 1.62. The van der Waals surface area contributed by atoms with E-state index < -0.39 is 0 Å². The molecule has 0 aliphatic rings. The van der Waals surface area contributed by atoms with Gasteiger partial charge in [-0.3, -0.25) is 0 Å². The molecule has 0 unspecified atom stereocenters. The predicted molar refractivity (Wildman–Crippen MR) is 249 cm³/mol. The Morgan fingerprint density at radius 1 is 0.263 bits per heavy atom. The van der Waals surface area contributed by atoms with Crippen LogP contribution in [-0.4, -0.2) is 0 Å². The lowest BCUT2D eigenvalue weighted by Crippen LogP contribution is -1.91. The molecule has 0 fully saturated rings. The van der Waals surface area contributed by atoms with Crippen LogP contribution < -0.4 is 0 Å². The fraction of sp³-hybridized carbons (Fsp3) is 0. The van der Waals surface area contributed by atoms with Gasteiger partial charge in [0.15, 0.2) is 0 Å². The highest BCUT2D eigenvalue weighted by molar-refractivity contribution is 7.27. The van der Waals surface area contributed by atoms with E-state index >= 15 is 0 Å². The van der Waals surface area contributed by atoms with Gasteiger partial charge in [0.2, 0.25) is 0 Å². The van der Waals surface area contributed by atoms with E-state index in [0.717, 1.165) is 0 Å². The summed E-state index contributed by atoms with van der Waals surface area (Å²) in [4.78, 5) is 0. The van der Waals surface area contributed by atoms with Crippen molar-refractivity contribution in [1.29, 1.82) is 0 Å². The van der Waals surface area contributed by atoms with Crippen molar-refractivity contribution < 1.29 is 0 Å². The summed E-state index contributed by atoms with van der Waals surface area (Å²) in [6.45, 7) is 0. The van der Waals surface area contributed by atoms with Crippen molar-refractivity contribution in [1.82, 2.24) is 0 Å². The molecule has 57 heavy (non-hydrogen) atoms. The van der Waals surface area contributed by atoms with Gasteiger partial charge in [0.1, 0.15) is 0 Å². The van der Waals surface area contributed by atoms with Crippen LogP contribution in [0.1, 0.15) is 0 Å². The van der Waals surface area contributed by atoms with Crippen molar-refractivity contribution >= 4 is 85.4 Å². The smallest absolute Gasteiger partial charge is 0.0440 e. The first-order valence-electron chi connectivity index (χ1n) is 19.7. The summed E-state index contributed by atoms with van der Waals surface area (Å²) >= 11 is 1.91. The summed E-state index contributed by atoms with van der Waals surface area (Å²) in [6.07, 6.45) is 0. The Kier molecular flexibility index (Phi) is 7.20. The highest BCUT2D eigenvalue weighted by Crippen LogP contribution is 2.47. The molecule has 0 bridgehead atoms. The zero-order valence-electron chi connectivity index (χ0n) is 31.0. The van der Waals surface area contributed by atoms with E-state index in [1.54, 1.807) is 0 Å². The van der Waals surface area contributed by atoms with Gasteiger partial charge >= 0.3 is 0 Å². The molecule has 1 heteroatoms. The normalized spacial score (nSPS) is 11.9. The van der Waals surface area contributed by atoms with Gasteiger partial charge in [-0.05, 0) is 111 Å². The van der Waals surface area contributed by atoms with E-state index in [9.17, 15) is 0 Å². The van der Waals surface area contributed by atoms with Gasteiger partial charge < -0.3 is 0 Å². The summed E-state index contributed by atoms with van der Waals surface area (Å²) in [5.41, 5.74) is 9.95. The average Bonchev–Trinajstić information content (AvgIpc) is 3.68. The van der Waals surface area contributed by atoms with E-state index in [1.807, 2.05) is 11.3 Å². The first-order chi connectivity index (χ1) is 28.3. The first-order valence-corrected chi connectivity index (χ1v) is 20.5. The summed E-state index contributed by atoms with van der Waals surface area (Å²) in [6, 6.07) is 76.4. The van der Waals surface area contributed by atoms with E-state index in [-0.39, 0.29) is 0 Å². The standard InChI is InChI=1S/C56H34S/c1-2-17-41-35(13-1)14-12-26-42(41)36-27-29-37(30-28-36)53-46-21-6-8-23-48(46)54(49-24-9-7-22-47(49)53)40-16-11-15-38(33-40)39-31-32-52-51(34-39)55-45-20-5-3-18-43(45)44-19-4-10-25-50(44)56(55)57-52/h1-34H. The van der Waals surface area contributed by atoms with Crippen LogP contribution in [0.15, 0.2) is 206 Å². The van der Waals surface area contributed by atoms with Gasteiger partial charge in [-0.15, -0.1) is 11.3 Å². The fourth-order valence-electron chi connectivity index (χ4n) is 9.48. The third kappa shape index (κ3) is 4.99. The number of thiophene rings is 1. The maximum absolute atomic E-state index is 2.43. The molecule has 0 radical (unpaired) electrons. The van der Waals surface area contributed by atoms with Gasteiger partial charge in [0.25, 0.3) is 0 Å². The number of hydrogen-bond donors (Lipinski definition) is 0. The number of fused-ring (bicyclic) bond motifs is 11. The lowest BCUT2D eigenvalue weighted by atomic mass is 9.85. The van der Waals surface area contributed by atoms with E-state index in [0.29, 0.717) is 0 Å². The van der Waals surface area contributed by atoms with Gasteiger partial charge in [-0.1, -0.05) is 188 Å². The van der Waals surface area contributed by atoms with E-state index in [1.165, 1.54) is 119 Å². The number of rotatable bonds is 4. The zero-order valence-corrected chi connectivity index (χ0v) is 31.9. The summed E-state index contributed by atoms with van der Waals surface area (Å²) in [5, 5.41) is 15.6. The molecular formula is C56H34S. The Bertz CT molecular complexity index is 3510. The Morgan fingerprint density at radius 3 is 1.44 bits per heavy atom. The second-order valence-electron chi connectivity index (χ2n) is 15.1. The summed E-state index contributed by atoms with van der Waals surface area (Å²) < 4.78 is 2.69. The van der Waals surface area contributed by atoms with Crippen LogP contribution in [0.2, 0.25) is 0 Å². The van der Waals surface area contributed by atoms with Crippen LogP contribution in [0, 0.1) is 0 Å². The Labute approximate surface area is 334 Å². The zero-order chi connectivity index (χ0) is 37.5. The van der Waals surface area contributed by atoms with Crippen LogP contribution in [0.4, 0.5) is 0 Å². The van der Waals surface area contributed by atoms with Crippen LogP contribution in [0.25, 0.3) is 119 Å². The Morgan fingerprint density at radius 2 is 0.737 bits per heavy atom. The molecule has 0 aliphatic heterocycles. The molecule has 0 atom stereocenters. The molecule has 0 N–H and O–H groups in total. The quantitative estimate of drug-likeness (QED) is 0.125. The molecule has 0 amide bonds. The molecule has 11 aromatic carbocycles. The van der Waals surface area contributed by atoms with Crippen molar-refractivity contribution in [3.8, 4) is 44.5 Å². The molecule has 12 aromatic rings. The molecule has 0 saturated heterocycles. The van der Waals surface area contributed by atoms with Crippen molar-refractivity contribution in [2.24, 2.45) is 0 Å². The second kappa shape index (κ2) is 12.7. The van der Waals surface area contributed by atoms with E-state index in [2.05, 4.69) is 206 Å². The highest BCUT2D eigenvalue weighted by Gasteiger charge is 2.19. The van der Waals surface area contributed by atoms with Gasteiger partial charge in [-0.25, -0.2) is 0 Å². The molecule has 0 nitrogen and oxygen atoms in total. The summed E-state index contributed by atoms with van der Waals surface area (Å²) in [7, 11) is 0.